The number of likely N-dealkylation sites (N-methyl/N-ethyl adjacent to an activating group) is 1. The van der Waals surface area contributed by atoms with E-state index in [4.69, 9.17) is 10.5 Å². The van der Waals surface area contributed by atoms with Crippen molar-refractivity contribution in [1.82, 2.24) is 19.9 Å². The van der Waals surface area contributed by atoms with Crippen LogP contribution in [0.15, 0.2) is 6.33 Å². The van der Waals surface area contributed by atoms with Crippen molar-refractivity contribution in [2.45, 2.75) is 6.10 Å². The fourth-order valence-corrected chi connectivity index (χ4v) is 1.41. The lowest BCUT2D eigenvalue weighted by atomic mass is 10.2. The lowest BCUT2D eigenvalue weighted by Gasteiger charge is -2.28. The maximum atomic E-state index is 5.54. The van der Waals surface area contributed by atoms with Gasteiger partial charge in [0.1, 0.15) is 12.4 Å². The molecule has 6 heteroatoms. The predicted molar refractivity (Wildman–Crippen MR) is 50.4 cm³/mol. The molecule has 0 bridgehead atoms. The van der Waals surface area contributed by atoms with E-state index in [0.717, 1.165) is 13.1 Å². The second kappa shape index (κ2) is 3.85. The third-order valence-electron chi connectivity index (χ3n) is 2.17. The van der Waals surface area contributed by atoms with E-state index in [1.165, 1.54) is 6.33 Å². The van der Waals surface area contributed by atoms with Gasteiger partial charge < -0.3 is 15.4 Å². The van der Waals surface area contributed by atoms with Crippen molar-refractivity contribution >= 4 is 5.95 Å². The van der Waals surface area contributed by atoms with Crippen molar-refractivity contribution in [2.75, 3.05) is 32.5 Å². The number of anilines is 1. The van der Waals surface area contributed by atoms with Crippen LogP contribution in [-0.2, 0) is 4.74 Å². The first-order valence-corrected chi connectivity index (χ1v) is 4.50. The third kappa shape index (κ3) is 1.97. The topological polar surface area (TPSA) is 77.2 Å². The Kier molecular flexibility index (Phi) is 2.55. The fraction of sp³-hybridized carbons (Fsp3) is 0.625. The molecule has 14 heavy (non-hydrogen) atoms. The van der Waals surface area contributed by atoms with E-state index in [1.807, 2.05) is 7.05 Å². The Hall–Kier alpha value is -1.27. The minimum absolute atomic E-state index is 0.0842. The second-order valence-corrected chi connectivity index (χ2v) is 3.32. The number of ether oxygens (including phenoxy) is 1. The van der Waals surface area contributed by atoms with Crippen LogP contribution in [0.5, 0.6) is 0 Å². The number of hydrogen-bond donors (Lipinski definition) is 1. The largest absolute Gasteiger partial charge is 0.368 e. The van der Waals surface area contributed by atoms with Gasteiger partial charge in [0.25, 0.3) is 0 Å². The Morgan fingerprint density at radius 1 is 1.57 bits per heavy atom. The zero-order chi connectivity index (χ0) is 9.97. The number of rotatable bonds is 1. The minimum Gasteiger partial charge on any atom is -0.368 e. The molecule has 1 aromatic rings. The first kappa shape index (κ1) is 9.29. The van der Waals surface area contributed by atoms with Gasteiger partial charge in [-0.25, -0.2) is 9.97 Å². The summed E-state index contributed by atoms with van der Waals surface area (Å²) < 4.78 is 5.54. The molecular weight excluding hydrogens is 182 g/mol. The Labute approximate surface area is 82.1 Å². The predicted octanol–water partition coefficient (Wildman–Crippen LogP) is -0.543. The van der Waals surface area contributed by atoms with Crippen LogP contribution in [0.25, 0.3) is 0 Å². The summed E-state index contributed by atoms with van der Waals surface area (Å²) in [6.45, 7) is 2.44. The highest BCUT2D eigenvalue weighted by Crippen LogP contribution is 2.17. The van der Waals surface area contributed by atoms with Crippen LogP contribution in [0.4, 0.5) is 5.95 Å². The van der Waals surface area contributed by atoms with Crippen molar-refractivity contribution in [3.05, 3.63) is 12.2 Å². The molecule has 1 aliphatic heterocycles. The van der Waals surface area contributed by atoms with Gasteiger partial charge in [0.05, 0.1) is 6.61 Å². The molecular formula is C8H13N5O. The van der Waals surface area contributed by atoms with E-state index in [2.05, 4.69) is 19.9 Å². The van der Waals surface area contributed by atoms with Gasteiger partial charge in [0, 0.05) is 13.1 Å². The third-order valence-corrected chi connectivity index (χ3v) is 2.17. The van der Waals surface area contributed by atoms with Crippen LogP contribution in [0, 0.1) is 0 Å². The summed E-state index contributed by atoms with van der Waals surface area (Å²) in [5.74, 6) is 0.857. The molecule has 1 aromatic heterocycles. The van der Waals surface area contributed by atoms with Crippen molar-refractivity contribution in [3.63, 3.8) is 0 Å². The summed E-state index contributed by atoms with van der Waals surface area (Å²) >= 11 is 0. The molecule has 1 unspecified atom stereocenters. The van der Waals surface area contributed by atoms with E-state index >= 15 is 0 Å². The van der Waals surface area contributed by atoms with Gasteiger partial charge in [0.2, 0.25) is 5.95 Å². The second-order valence-electron chi connectivity index (χ2n) is 3.32. The molecule has 2 rings (SSSR count). The molecule has 76 valence electrons. The lowest BCUT2D eigenvalue weighted by Crippen LogP contribution is -2.36. The number of nitrogens with two attached hydrogens (primary N) is 1. The molecule has 1 atom stereocenters. The highest BCUT2D eigenvalue weighted by atomic mass is 16.5. The van der Waals surface area contributed by atoms with Crippen molar-refractivity contribution in [2.24, 2.45) is 0 Å². The molecule has 0 saturated carbocycles. The van der Waals surface area contributed by atoms with Crippen molar-refractivity contribution in [3.8, 4) is 0 Å². The smallest absolute Gasteiger partial charge is 0.223 e. The number of nitrogens with zero attached hydrogens (tertiary/aromatic N) is 4. The van der Waals surface area contributed by atoms with Crippen LogP contribution in [0.1, 0.15) is 11.9 Å². The monoisotopic (exact) mass is 195 g/mol. The highest BCUT2D eigenvalue weighted by Gasteiger charge is 2.21. The summed E-state index contributed by atoms with van der Waals surface area (Å²) in [6.07, 6.45) is 1.33. The zero-order valence-corrected chi connectivity index (χ0v) is 8.05. The molecule has 0 radical (unpaired) electrons. The Morgan fingerprint density at radius 2 is 2.43 bits per heavy atom. The molecule has 2 N–H and O–H groups in total. The van der Waals surface area contributed by atoms with Gasteiger partial charge in [-0.15, -0.1) is 0 Å². The average molecular weight is 195 g/mol. The molecule has 0 aromatic carbocycles. The molecule has 2 heterocycles. The van der Waals surface area contributed by atoms with Gasteiger partial charge in [-0.2, -0.15) is 4.98 Å². The summed E-state index contributed by atoms with van der Waals surface area (Å²) in [5.41, 5.74) is 5.47. The molecule has 1 fully saturated rings. The van der Waals surface area contributed by atoms with Gasteiger partial charge in [-0.3, -0.25) is 0 Å². The Morgan fingerprint density at radius 3 is 3.14 bits per heavy atom. The van der Waals surface area contributed by atoms with Crippen LogP contribution in [-0.4, -0.2) is 46.6 Å². The van der Waals surface area contributed by atoms with E-state index in [0.29, 0.717) is 12.4 Å². The number of aromatic nitrogens is 3. The van der Waals surface area contributed by atoms with E-state index < -0.39 is 0 Å². The molecule has 1 saturated heterocycles. The van der Waals surface area contributed by atoms with Gasteiger partial charge in [0.15, 0.2) is 5.82 Å². The maximum absolute atomic E-state index is 5.54. The highest BCUT2D eigenvalue weighted by molar-refractivity contribution is 5.13. The van der Waals surface area contributed by atoms with Crippen molar-refractivity contribution in [1.29, 1.82) is 0 Å². The summed E-state index contributed by atoms with van der Waals surface area (Å²) in [4.78, 5) is 14.0. The summed E-state index contributed by atoms with van der Waals surface area (Å²) in [6, 6.07) is 0. The van der Waals surface area contributed by atoms with Gasteiger partial charge >= 0.3 is 0 Å². The Bertz CT molecular complexity index is 318. The quantitative estimate of drug-likeness (QED) is 0.648. The van der Waals surface area contributed by atoms with Crippen LogP contribution >= 0.6 is 0 Å². The van der Waals surface area contributed by atoms with Crippen LogP contribution < -0.4 is 5.73 Å². The lowest BCUT2D eigenvalue weighted by molar-refractivity contribution is -0.0255. The summed E-state index contributed by atoms with van der Waals surface area (Å²) in [5, 5.41) is 0. The van der Waals surface area contributed by atoms with E-state index in [1.54, 1.807) is 0 Å². The molecule has 1 aliphatic rings. The number of nitrogen functional groups attached to an aromatic ring is 1. The van der Waals surface area contributed by atoms with Crippen LogP contribution in [0.2, 0.25) is 0 Å². The molecule has 0 aliphatic carbocycles. The molecule has 0 amide bonds. The number of hydrogen-bond acceptors (Lipinski definition) is 6. The summed E-state index contributed by atoms with van der Waals surface area (Å²) in [7, 11) is 2.04. The SMILES string of the molecule is CN1CCOC(c2ncnc(N)n2)C1. The average Bonchev–Trinajstić information content (AvgIpc) is 2.18. The molecule has 6 nitrogen and oxygen atoms in total. The molecule has 0 spiro atoms. The Balaban J connectivity index is 2.14. The first-order chi connectivity index (χ1) is 6.75. The van der Waals surface area contributed by atoms with E-state index in [-0.39, 0.29) is 12.1 Å². The van der Waals surface area contributed by atoms with Crippen molar-refractivity contribution < 1.29 is 4.74 Å². The van der Waals surface area contributed by atoms with Gasteiger partial charge in [-0.1, -0.05) is 0 Å². The fourth-order valence-electron chi connectivity index (χ4n) is 1.41. The number of morpholine rings is 1. The van der Waals surface area contributed by atoms with Gasteiger partial charge in [-0.05, 0) is 7.05 Å². The first-order valence-electron chi connectivity index (χ1n) is 4.50. The zero-order valence-electron chi connectivity index (χ0n) is 8.05. The van der Waals surface area contributed by atoms with E-state index in [9.17, 15) is 0 Å². The standard InChI is InChI=1S/C8H13N5O/c1-13-2-3-14-6(4-13)7-10-5-11-8(9)12-7/h5-6H,2-4H2,1H3,(H2,9,10,11,12). The van der Waals surface area contributed by atoms with Crippen LogP contribution in [0.3, 0.4) is 0 Å². The minimum atomic E-state index is -0.0842. The maximum Gasteiger partial charge on any atom is 0.223 e. The normalized spacial score (nSPS) is 23.6.